The highest BCUT2D eigenvalue weighted by molar-refractivity contribution is 5.67. The molecule has 1 atom stereocenters. The second-order valence-corrected chi connectivity index (χ2v) is 7.84. The van der Waals surface area contributed by atoms with Gasteiger partial charge in [-0.05, 0) is 56.1 Å². The van der Waals surface area contributed by atoms with E-state index in [0.717, 1.165) is 6.42 Å². The summed E-state index contributed by atoms with van der Waals surface area (Å²) in [6.07, 6.45) is 6.08. The number of nitrogens with two attached hydrogens (primary N) is 1. The van der Waals surface area contributed by atoms with E-state index in [0.29, 0.717) is 18.8 Å². The molecule has 1 heterocycles. The fourth-order valence-electron chi connectivity index (χ4n) is 3.41. The minimum atomic E-state index is -0.870. The molecular formula is C22H36N2O4. The van der Waals surface area contributed by atoms with Gasteiger partial charge in [-0.25, -0.2) is 0 Å². The second-order valence-electron chi connectivity index (χ2n) is 7.84. The molecule has 4 N–H and O–H groups in total. The van der Waals surface area contributed by atoms with Crippen LogP contribution in [0.3, 0.4) is 0 Å². The lowest BCUT2D eigenvalue weighted by Crippen LogP contribution is -2.31. The summed E-state index contributed by atoms with van der Waals surface area (Å²) in [7, 11) is 0. The van der Waals surface area contributed by atoms with Crippen LogP contribution in [-0.2, 0) is 9.59 Å². The van der Waals surface area contributed by atoms with Crippen molar-refractivity contribution in [1.29, 1.82) is 0 Å². The molecule has 0 saturated carbocycles. The molecule has 1 aliphatic heterocycles. The molecule has 0 radical (unpaired) electrons. The van der Waals surface area contributed by atoms with Crippen LogP contribution in [0.1, 0.15) is 76.8 Å². The predicted molar refractivity (Wildman–Crippen MR) is 113 cm³/mol. The summed E-state index contributed by atoms with van der Waals surface area (Å²) in [6, 6.07) is 8.86. The number of hydrogen-bond acceptors (Lipinski definition) is 4. The molecule has 1 fully saturated rings. The third-order valence-electron chi connectivity index (χ3n) is 4.79. The predicted octanol–water partition coefficient (Wildman–Crippen LogP) is 4.44. The molecule has 6 nitrogen and oxygen atoms in total. The fourth-order valence-corrected chi connectivity index (χ4v) is 3.41. The lowest BCUT2D eigenvalue weighted by atomic mass is 9.95. The summed E-state index contributed by atoms with van der Waals surface area (Å²) < 4.78 is 0. The van der Waals surface area contributed by atoms with Gasteiger partial charge in [0.2, 0.25) is 0 Å². The summed E-state index contributed by atoms with van der Waals surface area (Å²) >= 11 is 0. The molecule has 6 heteroatoms. The maximum atomic E-state index is 9.90. The van der Waals surface area contributed by atoms with Crippen molar-refractivity contribution in [2.24, 2.45) is 11.7 Å². The molecule has 2 rings (SSSR count). The van der Waals surface area contributed by atoms with Crippen LogP contribution in [0.25, 0.3) is 0 Å². The van der Waals surface area contributed by atoms with Gasteiger partial charge in [0.25, 0.3) is 0 Å². The molecule has 1 saturated heterocycles. The van der Waals surface area contributed by atoms with Crippen molar-refractivity contribution in [2.75, 3.05) is 18.0 Å². The Hall–Kier alpha value is -2.08. The van der Waals surface area contributed by atoms with E-state index in [1.54, 1.807) is 0 Å². The zero-order valence-electron chi connectivity index (χ0n) is 17.3. The molecule has 1 aliphatic rings. The fraction of sp³-hybridized carbons (Fsp3) is 0.636. The van der Waals surface area contributed by atoms with Crippen LogP contribution in [0.15, 0.2) is 24.3 Å². The van der Waals surface area contributed by atoms with Crippen molar-refractivity contribution >= 4 is 17.6 Å². The van der Waals surface area contributed by atoms with Gasteiger partial charge < -0.3 is 20.8 Å². The number of hydrogen-bond donors (Lipinski definition) is 3. The number of piperidine rings is 1. The zero-order chi connectivity index (χ0) is 20.9. The average molecular weight is 393 g/mol. The summed E-state index contributed by atoms with van der Waals surface area (Å²) in [6.45, 7) is 6.85. The van der Waals surface area contributed by atoms with Gasteiger partial charge in [-0.2, -0.15) is 0 Å². The van der Waals surface area contributed by atoms with Crippen molar-refractivity contribution in [1.82, 2.24) is 0 Å². The Morgan fingerprint density at radius 2 is 1.54 bits per heavy atom. The van der Waals surface area contributed by atoms with Crippen LogP contribution < -0.4 is 10.6 Å². The highest BCUT2D eigenvalue weighted by Gasteiger charge is 2.18. The Labute approximate surface area is 168 Å². The number of benzene rings is 1. The van der Waals surface area contributed by atoms with Crippen LogP contribution in [0.4, 0.5) is 5.69 Å². The molecule has 1 aromatic carbocycles. The molecule has 0 amide bonds. The Bertz CT molecular complexity index is 582. The summed E-state index contributed by atoms with van der Waals surface area (Å²) in [5, 5.41) is 16.3. The van der Waals surface area contributed by atoms with Crippen LogP contribution in [-0.4, -0.2) is 35.2 Å². The average Bonchev–Trinajstić information content (AvgIpc) is 2.66. The summed E-state index contributed by atoms with van der Waals surface area (Å²) in [4.78, 5) is 22.3. The molecule has 0 spiro atoms. The molecular weight excluding hydrogens is 356 g/mol. The topological polar surface area (TPSA) is 104 Å². The molecule has 1 unspecified atom stereocenters. The maximum absolute atomic E-state index is 9.90. The standard InChI is InChI=1S/C16H26N2.C6H10O4/c1-13(2)12-15(17)14-8-4-5-9-16(14)18-10-6-3-7-11-18;7-5(8)3-1-2-4-6(9)10/h4-5,8-9,13,15H,3,6-7,10-12,17H2,1-2H3;1-4H2,(H,7,8)(H,9,10). The number of aliphatic carboxylic acids is 2. The van der Waals surface area contributed by atoms with Crippen molar-refractivity contribution in [2.45, 2.75) is 71.3 Å². The third-order valence-corrected chi connectivity index (χ3v) is 4.79. The van der Waals surface area contributed by atoms with Gasteiger partial charge in [0, 0.05) is 37.7 Å². The van der Waals surface area contributed by atoms with Gasteiger partial charge in [0.1, 0.15) is 0 Å². The van der Waals surface area contributed by atoms with Gasteiger partial charge in [-0.15, -0.1) is 0 Å². The molecule has 28 heavy (non-hydrogen) atoms. The number of carboxylic acids is 2. The number of anilines is 1. The lowest BCUT2D eigenvalue weighted by molar-refractivity contribution is -0.139. The van der Waals surface area contributed by atoms with E-state index in [9.17, 15) is 9.59 Å². The van der Waals surface area contributed by atoms with E-state index in [2.05, 4.69) is 43.0 Å². The van der Waals surface area contributed by atoms with Gasteiger partial charge in [-0.3, -0.25) is 9.59 Å². The SMILES string of the molecule is CC(C)CC(N)c1ccccc1N1CCCCC1.O=C(O)CCCCC(=O)O. The van der Waals surface area contributed by atoms with Crippen molar-refractivity contribution in [3.05, 3.63) is 29.8 Å². The van der Waals surface area contributed by atoms with Crippen LogP contribution in [0, 0.1) is 5.92 Å². The first kappa shape index (κ1) is 24.0. The minimum Gasteiger partial charge on any atom is -0.481 e. The Balaban J connectivity index is 0.000000336. The zero-order valence-corrected chi connectivity index (χ0v) is 17.3. The van der Waals surface area contributed by atoms with Gasteiger partial charge in [-0.1, -0.05) is 32.0 Å². The molecule has 158 valence electrons. The Morgan fingerprint density at radius 3 is 2.04 bits per heavy atom. The van der Waals surface area contributed by atoms with E-state index in [-0.39, 0.29) is 18.9 Å². The van der Waals surface area contributed by atoms with Crippen LogP contribution in [0.2, 0.25) is 0 Å². The van der Waals surface area contributed by atoms with Crippen molar-refractivity contribution in [3.8, 4) is 0 Å². The Morgan fingerprint density at radius 1 is 1.00 bits per heavy atom. The van der Waals surface area contributed by atoms with Gasteiger partial charge in [0.15, 0.2) is 0 Å². The quantitative estimate of drug-likeness (QED) is 0.537. The highest BCUT2D eigenvalue weighted by Crippen LogP contribution is 2.30. The van der Waals surface area contributed by atoms with E-state index in [4.69, 9.17) is 15.9 Å². The molecule has 0 aromatic heterocycles. The summed E-state index contributed by atoms with van der Waals surface area (Å²) in [5.41, 5.74) is 9.07. The van der Waals surface area contributed by atoms with E-state index >= 15 is 0 Å². The number of nitrogens with zero attached hydrogens (tertiary/aromatic N) is 1. The van der Waals surface area contributed by atoms with E-state index in [1.165, 1.54) is 43.6 Å². The van der Waals surface area contributed by atoms with Crippen LogP contribution >= 0.6 is 0 Å². The normalized spacial score (nSPS) is 14.9. The first-order valence-electron chi connectivity index (χ1n) is 10.3. The summed E-state index contributed by atoms with van der Waals surface area (Å²) in [5.74, 6) is -1.09. The van der Waals surface area contributed by atoms with Crippen molar-refractivity contribution < 1.29 is 19.8 Å². The van der Waals surface area contributed by atoms with Gasteiger partial charge >= 0.3 is 11.9 Å². The smallest absolute Gasteiger partial charge is 0.303 e. The Kier molecular flexibility index (Phi) is 11.3. The number of carbonyl (C=O) groups is 2. The van der Waals surface area contributed by atoms with Crippen LogP contribution in [0.5, 0.6) is 0 Å². The molecule has 1 aromatic rings. The van der Waals surface area contributed by atoms with E-state index in [1.807, 2.05) is 0 Å². The monoisotopic (exact) mass is 392 g/mol. The molecule has 0 aliphatic carbocycles. The first-order valence-corrected chi connectivity index (χ1v) is 10.3. The van der Waals surface area contributed by atoms with Crippen molar-refractivity contribution in [3.63, 3.8) is 0 Å². The third kappa shape index (κ3) is 9.74. The minimum absolute atomic E-state index is 0.0628. The highest BCUT2D eigenvalue weighted by atomic mass is 16.4. The van der Waals surface area contributed by atoms with Gasteiger partial charge in [0.05, 0.1) is 0 Å². The second kappa shape index (κ2) is 13.2. The largest absolute Gasteiger partial charge is 0.481 e. The molecule has 0 bridgehead atoms. The number of para-hydroxylation sites is 1. The number of unbranched alkanes of at least 4 members (excludes halogenated alkanes) is 1. The van der Waals surface area contributed by atoms with E-state index < -0.39 is 11.9 Å². The lowest BCUT2D eigenvalue weighted by Gasteiger charge is -2.32. The maximum Gasteiger partial charge on any atom is 0.303 e. The number of rotatable bonds is 9. The number of carboxylic acid groups (broad SMARTS) is 2. The first-order chi connectivity index (χ1) is 13.3.